The van der Waals surface area contributed by atoms with E-state index >= 15 is 0 Å². The molecule has 0 aliphatic carbocycles. The Morgan fingerprint density at radius 3 is 2.72 bits per heavy atom. The van der Waals surface area contributed by atoms with Crippen LogP contribution >= 0.6 is 0 Å². The number of aromatic nitrogens is 3. The molecule has 1 heterocycles. The molecule has 2 rings (SSSR count). The zero-order chi connectivity index (χ0) is 13.1. The summed E-state index contributed by atoms with van der Waals surface area (Å²) in [6.45, 7) is 4.02. The number of H-pyrrole nitrogens is 1. The van der Waals surface area contributed by atoms with E-state index in [4.69, 9.17) is 0 Å². The Morgan fingerprint density at radius 2 is 2.11 bits per heavy atom. The lowest BCUT2D eigenvalue weighted by Gasteiger charge is -2.17. The van der Waals surface area contributed by atoms with Crippen LogP contribution in [0.2, 0.25) is 0 Å². The molecule has 1 atom stereocenters. The molecule has 0 saturated heterocycles. The van der Waals surface area contributed by atoms with Crippen LogP contribution in [0.25, 0.3) is 0 Å². The highest BCUT2D eigenvalue weighted by Gasteiger charge is 2.22. The molecule has 1 aromatic carbocycles. The third-order valence-corrected chi connectivity index (χ3v) is 2.75. The first-order chi connectivity index (χ1) is 8.65. The number of benzene rings is 1. The Morgan fingerprint density at radius 1 is 1.33 bits per heavy atom. The van der Waals surface area contributed by atoms with Crippen LogP contribution in [0.1, 0.15) is 29.8 Å². The lowest BCUT2D eigenvalue weighted by Crippen LogP contribution is -2.24. The summed E-state index contributed by atoms with van der Waals surface area (Å²) >= 11 is 0. The molecule has 0 aliphatic heterocycles. The largest absolute Gasteiger partial charge is 0.305 e. The molecule has 0 amide bonds. The van der Waals surface area contributed by atoms with E-state index in [0.29, 0.717) is 12.2 Å². The van der Waals surface area contributed by atoms with Crippen LogP contribution in [0.4, 0.5) is 8.78 Å². The smallest absolute Gasteiger partial charge is 0.164 e. The number of hydrogen-bond donors (Lipinski definition) is 2. The van der Waals surface area contributed by atoms with Crippen molar-refractivity contribution in [2.75, 3.05) is 6.54 Å². The van der Waals surface area contributed by atoms with E-state index in [1.54, 1.807) is 12.1 Å². The highest BCUT2D eigenvalue weighted by Crippen LogP contribution is 2.25. The zero-order valence-electron chi connectivity index (χ0n) is 10.2. The first-order valence-corrected chi connectivity index (χ1v) is 5.68. The molecule has 6 heteroatoms. The van der Waals surface area contributed by atoms with Crippen LogP contribution in [0, 0.1) is 18.6 Å². The summed E-state index contributed by atoms with van der Waals surface area (Å²) in [6, 6.07) is 2.61. The van der Waals surface area contributed by atoms with Crippen LogP contribution in [0.15, 0.2) is 18.3 Å². The molecule has 0 bridgehead atoms. The van der Waals surface area contributed by atoms with Gasteiger partial charge in [0, 0.05) is 5.56 Å². The van der Waals surface area contributed by atoms with Crippen LogP contribution < -0.4 is 5.32 Å². The van der Waals surface area contributed by atoms with Crippen LogP contribution in [-0.2, 0) is 0 Å². The fourth-order valence-corrected chi connectivity index (χ4v) is 1.81. The SMILES string of the molecule is CCNC(c1cn[nH]n1)c1ccc(C)c(F)c1F. The van der Waals surface area contributed by atoms with Gasteiger partial charge in [0.05, 0.1) is 12.2 Å². The van der Waals surface area contributed by atoms with Crippen molar-refractivity contribution in [3.05, 3.63) is 46.8 Å². The molecule has 18 heavy (non-hydrogen) atoms. The van der Waals surface area contributed by atoms with E-state index in [2.05, 4.69) is 20.7 Å². The van der Waals surface area contributed by atoms with E-state index in [-0.39, 0.29) is 11.1 Å². The van der Waals surface area contributed by atoms with Gasteiger partial charge in [-0.3, -0.25) is 0 Å². The summed E-state index contributed by atoms with van der Waals surface area (Å²) in [5, 5.41) is 13.1. The summed E-state index contributed by atoms with van der Waals surface area (Å²) < 4.78 is 27.5. The van der Waals surface area contributed by atoms with Gasteiger partial charge in [0.15, 0.2) is 11.6 Å². The van der Waals surface area contributed by atoms with Gasteiger partial charge in [-0.25, -0.2) is 8.78 Å². The van der Waals surface area contributed by atoms with E-state index in [1.807, 2.05) is 6.92 Å². The number of nitrogens with one attached hydrogen (secondary N) is 2. The molecule has 4 nitrogen and oxygen atoms in total. The van der Waals surface area contributed by atoms with Crippen molar-refractivity contribution in [1.82, 2.24) is 20.7 Å². The lowest BCUT2D eigenvalue weighted by atomic mass is 10.0. The third kappa shape index (κ3) is 2.24. The van der Waals surface area contributed by atoms with Crippen LogP contribution in [-0.4, -0.2) is 22.0 Å². The zero-order valence-corrected chi connectivity index (χ0v) is 10.2. The van der Waals surface area contributed by atoms with Gasteiger partial charge in [-0.2, -0.15) is 15.4 Å². The first kappa shape index (κ1) is 12.6. The number of nitrogens with zero attached hydrogens (tertiary/aromatic N) is 2. The average Bonchev–Trinajstić information content (AvgIpc) is 2.88. The minimum atomic E-state index is -0.844. The second-order valence-corrected chi connectivity index (χ2v) is 3.99. The summed E-state index contributed by atoms with van der Waals surface area (Å²) in [4.78, 5) is 0. The van der Waals surface area contributed by atoms with Crippen molar-refractivity contribution in [2.45, 2.75) is 19.9 Å². The van der Waals surface area contributed by atoms with Crippen LogP contribution in [0.3, 0.4) is 0 Å². The minimum absolute atomic E-state index is 0.230. The van der Waals surface area contributed by atoms with Crippen molar-refractivity contribution in [2.24, 2.45) is 0 Å². The summed E-state index contributed by atoms with van der Waals surface area (Å²) in [5.41, 5.74) is 1.04. The summed E-state index contributed by atoms with van der Waals surface area (Å²) in [5.74, 6) is -1.66. The van der Waals surface area contributed by atoms with Crippen molar-refractivity contribution >= 4 is 0 Å². The Bertz CT molecular complexity index is 525. The van der Waals surface area contributed by atoms with Crippen molar-refractivity contribution in [3.63, 3.8) is 0 Å². The Labute approximate surface area is 103 Å². The van der Waals surface area contributed by atoms with Gasteiger partial charge in [0.1, 0.15) is 5.69 Å². The summed E-state index contributed by atoms with van der Waals surface area (Å²) in [6.07, 6.45) is 1.49. The molecule has 0 spiro atoms. The van der Waals surface area contributed by atoms with Gasteiger partial charge in [0.25, 0.3) is 0 Å². The normalized spacial score (nSPS) is 12.7. The molecular weight excluding hydrogens is 238 g/mol. The third-order valence-electron chi connectivity index (χ3n) is 2.75. The van der Waals surface area contributed by atoms with Gasteiger partial charge in [0.2, 0.25) is 0 Å². The fourth-order valence-electron chi connectivity index (χ4n) is 1.81. The van der Waals surface area contributed by atoms with E-state index in [0.717, 1.165) is 0 Å². The molecule has 0 fully saturated rings. The van der Waals surface area contributed by atoms with Crippen molar-refractivity contribution in [3.8, 4) is 0 Å². The van der Waals surface area contributed by atoms with Crippen LogP contribution in [0.5, 0.6) is 0 Å². The van der Waals surface area contributed by atoms with Gasteiger partial charge in [-0.05, 0) is 19.0 Å². The molecule has 0 saturated carbocycles. The van der Waals surface area contributed by atoms with E-state index < -0.39 is 17.7 Å². The second-order valence-electron chi connectivity index (χ2n) is 3.99. The van der Waals surface area contributed by atoms with Crippen molar-refractivity contribution in [1.29, 1.82) is 0 Å². The molecule has 2 aromatic rings. The number of hydrogen-bond acceptors (Lipinski definition) is 3. The molecule has 2 N–H and O–H groups in total. The Hall–Kier alpha value is -1.82. The maximum absolute atomic E-state index is 14.0. The number of rotatable bonds is 4. The number of halogens is 2. The van der Waals surface area contributed by atoms with E-state index in [9.17, 15) is 8.78 Å². The summed E-state index contributed by atoms with van der Waals surface area (Å²) in [7, 11) is 0. The highest BCUT2D eigenvalue weighted by atomic mass is 19.2. The standard InChI is InChI=1S/C12H14F2N4/c1-3-15-12(9-6-16-18-17-9)8-5-4-7(2)10(13)11(8)14/h4-6,12,15H,3H2,1-2H3,(H,16,17,18). The number of aryl methyl sites for hydroxylation is 1. The van der Waals surface area contributed by atoms with Gasteiger partial charge < -0.3 is 5.32 Å². The molecule has 96 valence electrons. The topological polar surface area (TPSA) is 53.6 Å². The molecule has 0 aliphatic rings. The molecule has 1 aromatic heterocycles. The molecular formula is C12H14F2N4. The monoisotopic (exact) mass is 252 g/mol. The maximum Gasteiger partial charge on any atom is 0.164 e. The van der Waals surface area contributed by atoms with Gasteiger partial charge in [-0.15, -0.1) is 0 Å². The fraction of sp³-hybridized carbons (Fsp3) is 0.333. The molecule has 1 unspecified atom stereocenters. The van der Waals surface area contributed by atoms with Gasteiger partial charge >= 0.3 is 0 Å². The minimum Gasteiger partial charge on any atom is -0.305 e. The quantitative estimate of drug-likeness (QED) is 0.876. The Balaban J connectivity index is 2.47. The lowest BCUT2D eigenvalue weighted by molar-refractivity contribution is 0.476. The highest BCUT2D eigenvalue weighted by molar-refractivity contribution is 5.32. The predicted octanol–water partition coefficient (Wildman–Crippen LogP) is 2.09. The Kier molecular flexibility index (Phi) is 3.66. The second kappa shape index (κ2) is 5.22. The van der Waals surface area contributed by atoms with Gasteiger partial charge in [-0.1, -0.05) is 19.1 Å². The number of aromatic amines is 1. The molecule has 0 radical (unpaired) electrons. The van der Waals surface area contributed by atoms with Crippen molar-refractivity contribution < 1.29 is 8.78 Å². The average molecular weight is 252 g/mol. The predicted molar refractivity (Wildman–Crippen MR) is 63.0 cm³/mol. The maximum atomic E-state index is 14.0. The van der Waals surface area contributed by atoms with E-state index in [1.165, 1.54) is 13.1 Å². The first-order valence-electron chi connectivity index (χ1n) is 5.68.